The van der Waals surface area contributed by atoms with Gasteiger partial charge in [-0.2, -0.15) is 0 Å². The normalized spacial score (nSPS) is 18.2. The summed E-state index contributed by atoms with van der Waals surface area (Å²) in [7, 11) is 0. The van der Waals surface area contributed by atoms with Crippen LogP contribution in [0.5, 0.6) is 23.0 Å². The molecule has 2 aliphatic rings. The molecule has 1 atom stereocenters. The van der Waals surface area contributed by atoms with E-state index in [1.165, 1.54) is 0 Å². The first-order chi connectivity index (χ1) is 16.9. The number of halogens is 2. The highest BCUT2D eigenvalue weighted by molar-refractivity contribution is 5.95. The van der Waals surface area contributed by atoms with Gasteiger partial charge in [-0.25, -0.2) is 8.78 Å². The number of hydrogen-bond donors (Lipinski definition) is 2. The molecule has 2 aliphatic heterocycles. The Morgan fingerprint density at radius 3 is 2.46 bits per heavy atom. The fourth-order valence-electron chi connectivity index (χ4n) is 4.70. The summed E-state index contributed by atoms with van der Waals surface area (Å²) in [6.07, 6.45) is -2.67. The lowest BCUT2D eigenvalue weighted by Crippen LogP contribution is -2.51. The van der Waals surface area contributed by atoms with Gasteiger partial charge in [0.05, 0.1) is 0 Å². The van der Waals surface area contributed by atoms with Crippen molar-refractivity contribution in [1.29, 1.82) is 0 Å². The van der Waals surface area contributed by atoms with Crippen LogP contribution in [0.15, 0.2) is 66.7 Å². The number of fused-ring (bicyclic) bond motifs is 1. The second kappa shape index (κ2) is 9.58. The largest absolute Gasteiger partial charge is 0.508 e. The number of hydrogen-bond acceptors (Lipinski definition) is 5. The van der Waals surface area contributed by atoms with Crippen LogP contribution in [0.2, 0.25) is 0 Å². The highest BCUT2D eigenvalue weighted by atomic mass is 19.3. The molecule has 0 spiro atoms. The molecule has 1 unspecified atom stereocenters. The third kappa shape index (κ3) is 4.82. The maximum absolute atomic E-state index is 12.6. The molecule has 7 heteroatoms. The van der Waals surface area contributed by atoms with E-state index >= 15 is 0 Å². The molecule has 35 heavy (non-hydrogen) atoms. The van der Waals surface area contributed by atoms with Gasteiger partial charge in [-0.15, -0.1) is 0 Å². The molecule has 3 aromatic carbocycles. The van der Waals surface area contributed by atoms with Crippen LogP contribution in [0.4, 0.5) is 8.78 Å². The zero-order valence-corrected chi connectivity index (χ0v) is 19.3. The monoisotopic (exact) mass is 479 g/mol. The Morgan fingerprint density at radius 1 is 1.00 bits per heavy atom. The minimum absolute atomic E-state index is 0.157. The molecule has 1 fully saturated rings. The zero-order chi connectivity index (χ0) is 24.5. The standard InChI is InChI=1S/C28H27F2NO4/c1-17-24-14-22(33)7-10-25(24)35-27(26(17)19-3-2-4-21(32)13-19)18-5-8-23(9-6-18)34-12-11-31-15-20(16-31)28(29)30/h2-10,13-14,20,27-28,32-33H,11-12,15-16H2,1H3. The first kappa shape index (κ1) is 23.2. The van der Waals surface area contributed by atoms with Crippen molar-refractivity contribution in [3.8, 4) is 23.0 Å². The average Bonchev–Trinajstić information content (AvgIpc) is 2.81. The highest BCUT2D eigenvalue weighted by Gasteiger charge is 2.33. The summed E-state index contributed by atoms with van der Waals surface area (Å²) >= 11 is 0. The number of rotatable bonds is 7. The molecule has 1 saturated heterocycles. The van der Waals surface area contributed by atoms with Crippen molar-refractivity contribution in [3.05, 3.63) is 83.4 Å². The molecule has 0 radical (unpaired) electrons. The minimum Gasteiger partial charge on any atom is -0.508 e. The molecule has 5 rings (SSSR count). The summed E-state index contributed by atoms with van der Waals surface area (Å²) in [5, 5.41) is 20.1. The summed E-state index contributed by atoms with van der Waals surface area (Å²) in [5.41, 5.74) is 4.41. The van der Waals surface area contributed by atoms with Crippen molar-refractivity contribution in [1.82, 2.24) is 4.90 Å². The molecule has 2 N–H and O–H groups in total. The van der Waals surface area contributed by atoms with Gasteiger partial charge in [0.15, 0.2) is 0 Å². The number of allylic oxidation sites excluding steroid dienone is 1. The molecule has 0 bridgehead atoms. The van der Waals surface area contributed by atoms with E-state index < -0.39 is 18.4 Å². The number of nitrogens with zero attached hydrogens (tertiary/aromatic N) is 1. The molecular weight excluding hydrogens is 452 g/mol. The summed E-state index contributed by atoms with van der Waals surface area (Å²) in [4.78, 5) is 1.96. The quantitative estimate of drug-likeness (QED) is 0.453. The van der Waals surface area contributed by atoms with Crippen LogP contribution in [-0.4, -0.2) is 47.8 Å². The van der Waals surface area contributed by atoms with Gasteiger partial charge < -0.3 is 19.7 Å². The molecule has 182 valence electrons. The lowest BCUT2D eigenvalue weighted by Gasteiger charge is -2.38. The van der Waals surface area contributed by atoms with Crippen LogP contribution in [0.3, 0.4) is 0 Å². The SMILES string of the molecule is CC1=C(c2cccc(O)c2)C(c2ccc(OCCN3CC(C(F)F)C3)cc2)Oc2ccc(O)cc21. The molecule has 0 saturated carbocycles. The van der Waals surface area contributed by atoms with Gasteiger partial charge in [0.1, 0.15) is 35.7 Å². The van der Waals surface area contributed by atoms with Gasteiger partial charge in [0, 0.05) is 36.7 Å². The van der Waals surface area contributed by atoms with Gasteiger partial charge in [0.25, 0.3) is 0 Å². The van der Waals surface area contributed by atoms with Crippen LogP contribution in [-0.2, 0) is 0 Å². The third-order valence-corrected chi connectivity index (χ3v) is 6.64. The van der Waals surface area contributed by atoms with Gasteiger partial charge in [-0.05, 0) is 66.1 Å². The second-order valence-corrected chi connectivity index (χ2v) is 9.04. The summed E-state index contributed by atoms with van der Waals surface area (Å²) in [5.74, 6) is 1.17. The van der Waals surface area contributed by atoms with Gasteiger partial charge >= 0.3 is 0 Å². The predicted molar refractivity (Wildman–Crippen MR) is 130 cm³/mol. The number of benzene rings is 3. The number of ether oxygens (including phenoxy) is 2. The van der Waals surface area contributed by atoms with Crippen LogP contribution in [0, 0.1) is 5.92 Å². The van der Waals surface area contributed by atoms with Crippen molar-refractivity contribution in [2.75, 3.05) is 26.2 Å². The van der Waals surface area contributed by atoms with Crippen molar-refractivity contribution < 1.29 is 28.5 Å². The molecule has 5 nitrogen and oxygen atoms in total. The predicted octanol–water partition coefficient (Wildman–Crippen LogP) is 5.74. The number of aromatic hydroxyl groups is 2. The second-order valence-electron chi connectivity index (χ2n) is 9.04. The fraction of sp³-hybridized carbons (Fsp3) is 0.286. The molecule has 0 amide bonds. The van der Waals surface area contributed by atoms with Crippen molar-refractivity contribution in [2.45, 2.75) is 19.5 Å². The Kier molecular flexibility index (Phi) is 6.34. The summed E-state index contributed by atoms with van der Waals surface area (Å²) in [6, 6.07) is 19.7. The maximum Gasteiger partial charge on any atom is 0.243 e. The van der Waals surface area contributed by atoms with Crippen LogP contribution in [0.1, 0.15) is 29.7 Å². The fourth-order valence-corrected chi connectivity index (χ4v) is 4.70. The Bertz CT molecular complexity index is 1240. The van der Waals surface area contributed by atoms with Crippen LogP contribution in [0.25, 0.3) is 11.1 Å². The Hall–Kier alpha value is -3.58. The average molecular weight is 480 g/mol. The number of alkyl halides is 2. The van der Waals surface area contributed by atoms with Crippen LogP contribution >= 0.6 is 0 Å². The molecular formula is C28H27F2NO4. The van der Waals surface area contributed by atoms with Crippen LogP contribution < -0.4 is 9.47 Å². The van der Waals surface area contributed by atoms with E-state index in [9.17, 15) is 19.0 Å². The molecule has 0 aliphatic carbocycles. The number of phenolic OH excluding ortho intramolecular Hbond substituents is 2. The molecule has 0 aromatic heterocycles. The summed E-state index contributed by atoms with van der Waals surface area (Å²) in [6.45, 7) is 3.87. The lowest BCUT2D eigenvalue weighted by molar-refractivity contribution is -0.0280. The van der Waals surface area contributed by atoms with Gasteiger partial charge in [-0.1, -0.05) is 24.3 Å². The Labute approximate surface area is 202 Å². The smallest absolute Gasteiger partial charge is 0.243 e. The maximum atomic E-state index is 12.6. The Balaban J connectivity index is 1.35. The summed E-state index contributed by atoms with van der Waals surface area (Å²) < 4.78 is 37.5. The van der Waals surface area contributed by atoms with E-state index in [1.54, 1.807) is 36.4 Å². The third-order valence-electron chi connectivity index (χ3n) is 6.64. The molecule has 3 aromatic rings. The lowest BCUT2D eigenvalue weighted by atomic mass is 9.86. The van der Waals surface area contributed by atoms with Gasteiger partial charge in [0.2, 0.25) is 6.43 Å². The topological polar surface area (TPSA) is 62.2 Å². The Morgan fingerprint density at radius 2 is 1.74 bits per heavy atom. The van der Waals surface area contributed by atoms with Crippen molar-refractivity contribution >= 4 is 11.1 Å². The van der Waals surface area contributed by atoms with Gasteiger partial charge in [-0.3, -0.25) is 4.90 Å². The van der Waals surface area contributed by atoms with E-state index in [0.717, 1.165) is 27.8 Å². The first-order valence-corrected chi connectivity index (χ1v) is 11.6. The first-order valence-electron chi connectivity index (χ1n) is 11.6. The zero-order valence-electron chi connectivity index (χ0n) is 19.3. The number of phenols is 2. The molecule has 2 heterocycles. The van der Waals surface area contributed by atoms with E-state index in [4.69, 9.17) is 9.47 Å². The minimum atomic E-state index is -2.25. The number of likely N-dealkylation sites (tertiary alicyclic amines) is 1. The van der Waals surface area contributed by atoms with Crippen molar-refractivity contribution in [2.24, 2.45) is 5.92 Å². The van der Waals surface area contributed by atoms with E-state index in [0.29, 0.717) is 37.7 Å². The van der Waals surface area contributed by atoms with E-state index in [1.807, 2.05) is 42.2 Å². The van der Waals surface area contributed by atoms with E-state index in [-0.39, 0.29) is 11.5 Å². The van der Waals surface area contributed by atoms with Crippen molar-refractivity contribution in [3.63, 3.8) is 0 Å². The highest BCUT2D eigenvalue weighted by Crippen LogP contribution is 2.47. The van der Waals surface area contributed by atoms with E-state index in [2.05, 4.69) is 0 Å².